The normalized spacial score (nSPS) is 16.9. The number of aromatic nitrogens is 1. The van der Waals surface area contributed by atoms with Gasteiger partial charge in [-0.05, 0) is 69.2 Å². The fraction of sp³-hybridized carbons (Fsp3) is 0.444. The number of fused-ring (bicyclic) bond motifs is 3. The van der Waals surface area contributed by atoms with E-state index in [1.54, 1.807) is 0 Å². The third-order valence-corrected chi connectivity index (χ3v) is 6.83. The highest BCUT2D eigenvalue weighted by atomic mass is 15.2. The molecule has 5 rings (SSSR count). The second-order valence-electron chi connectivity index (χ2n) is 9.01. The molecule has 0 unspecified atom stereocenters. The summed E-state index contributed by atoms with van der Waals surface area (Å²) in [4.78, 5) is 21.6. The second-order valence-corrected chi connectivity index (χ2v) is 9.01. The first-order chi connectivity index (χ1) is 16.2. The molecule has 172 valence electrons. The minimum absolute atomic E-state index is 0.915. The maximum absolute atomic E-state index is 5.14. The monoisotopic (exact) mass is 442 g/mol. The molecular formula is C27H34N6. The van der Waals surface area contributed by atoms with Gasteiger partial charge in [-0.15, -0.1) is 0 Å². The van der Waals surface area contributed by atoms with E-state index in [1.165, 1.54) is 31.1 Å². The summed E-state index contributed by atoms with van der Waals surface area (Å²) in [6, 6.07) is 12.9. The Morgan fingerprint density at radius 2 is 1.30 bits per heavy atom. The van der Waals surface area contributed by atoms with Gasteiger partial charge in [-0.3, -0.25) is 0 Å². The molecule has 0 atom stereocenters. The molecular weight excluding hydrogens is 408 g/mol. The molecule has 3 aromatic rings. The van der Waals surface area contributed by atoms with Crippen molar-refractivity contribution in [1.82, 2.24) is 14.8 Å². The second kappa shape index (κ2) is 9.77. The highest BCUT2D eigenvalue weighted by Crippen LogP contribution is 2.35. The summed E-state index contributed by atoms with van der Waals surface area (Å²) in [7, 11) is 0. The van der Waals surface area contributed by atoms with Gasteiger partial charge in [0.25, 0.3) is 0 Å². The smallest absolute Gasteiger partial charge is 0.137 e. The summed E-state index contributed by atoms with van der Waals surface area (Å²) in [6.45, 7) is 10.6. The van der Waals surface area contributed by atoms with Crippen molar-refractivity contribution in [2.75, 3.05) is 44.2 Å². The van der Waals surface area contributed by atoms with Crippen LogP contribution in [0.2, 0.25) is 0 Å². The average Bonchev–Trinajstić information content (AvgIpc) is 3.56. The molecule has 6 nitrogen and oxygen atoms in total. The van der Waals surface area contributed by atoms with Gasteiger partial charge in [0.05, 0.1) is 29.6 Å². The predicted octanol–water partition coefficient (Wildman–Crippen LogP) is 5.75. The van der Waals surface area contributed by atoms with Gasteiger partial charge in [0.2, 0.25) is 0 Å². The van der Waals surface area contributed by atoms with Crippen molar-refractivity contribution in [1.29, 1.82) is 0 Å². The number of hydrogen-bond acceptors (Lipinski definition) is 4. The number of anilines is 1. The summed E-state index contributed by atoms with van der Waals surface area (Å²) in [6.07, 6.45) is 9.03. The Morgan fingerprint density at radius 3 is 1.88 bits per heavy atom. The Kier molecular flexibility index (Phi) is 6.42. The Balaban J connectivity index is 1.56. The highest BCUT2D eigenvalue weighted by molar-refractivity contribution is 6.11. The third kappa shape index (κ3) is 4.65. The first-order valence-corrected chi connectivity index (χ1v) is 12.4. The van der Waals surface area contributed by atoms with Gasteiger partial charge < -0.3 is 14.7 Å². The van der Waals surface area contributed by atoms with Crippen molar-refractivity contribution in [3.63, 3.8) is 0 Å². The largest absolute Gasteiger partial charge is 0.363 e. The van der Waals surface area contributed by atoms with E-state index in [-0.39, 0.29) is 0 Å². The zero-order valence-electron chi connectivity index (χ0n) is 19.9. The maximum atomic E-state index is 5.14. The summed E-state index contributed by atoms with van der Waals surface area (Å²) < 4.78 is 0. The number of hydrogen-bond donors (Lipinski definition) is 0. The first-order valence-electron chi connectivity index (χ1n) is 12.4. The fourth-order valence-electron chi connectivity index (χ4n) is 4.90. The van der Waals surface area contributed by atoms with E-state index < -0.39 is 0 Å². The van der Waals surface area contributed by atoms with Crippen molar-refractivity contribution in [2.45, 2.75) is 39.5 Å². The molecule has 0 aliphatic carbocycles. The molecule has 0 saturated carbocycles. The number of aliphatic imine (C=N–C) groups is 2. The van der Waals surface area contributed by atoms with E-state index >= 15 is 0 Å². The quantitative estimate of drug-likeness (QED) is 0.266. The summed E-state index contributed by atoms with van der Waals surface area (Å²) in [5.74, 6) is 1.03. The molecule has 0 bridgehead atoms. The number of nitrogens with zero attached hydrogens (tertiary/aromatic N) is 6. The lowest BCUT2D eigenvalue weighted by molar-refractivity contribution is 0.536. The van der Waals surface area contributed by atoms with E-state index in [9.17, 15) is 0 Å². The molecule has 0 amide bonds. The zero-order valence-corrected chi connectivity index (χ0v) is 19.9. The lowest BCUT2D eigenvalue weighted by atomic mass is 10.0. The van der Waals surface area contributed by atoms with Crippen molar-refractivity contribution >= 4 is 51.5 Å². The molecule has 33 heavy (non-hydrogen) atoms. The van der Waals surface area contributed by atoms with Crippen LogP contribution in [-0.4, -0.2) is 66.7 Å². The first kappa shape index (κ1) is 21.7. The number of rotatable bonds is 7. The van der Waals surface area contributed by atoms with Crippen LogP contribution in [0.1, 0.15) is 39.5 Å². The van der Waals surface area contributed by atoms with E-state index in [2.05, 4.69) is 64.9 Å². The molecule has 2 fully saturated rings. The molecule has 0 spiro atoms. The Labute approximate surface area is 196 Å². The van der Waals surface area contributed by atoms with Crippen LogP contribution in [0.15, 0.2) is 46.4 Å². The third-order valence-electron chi connectivity index (χ3n) is 6.83. The van der Waals surface area contributed by atoms with Gasteiger partial charge in [0, 0.05) is 50.0 Å². The van der Waals surface area contributed by atoms with Gasteiger partial charge in [-0.2, -0.15) is 0 Å². The van der Waals surface area contributed by atoms with Crippen molar-refractivity contribution < 1.29 is 0 Å². The van der Waals surface area contributed by atoms with E-state index in [0.717, 1.165) is 72.8 Å². The van der Waals surface area contributed by atoms with E-state index in [0.29, 0.717) is 0 Å². The number of pyridine rings is 1. The lowest BCUT2D eigenvalue weighted by Gasteiger charge is -2.23. The van der Waals surface area contributed by atoms with Gasteiger partial charge in [0.15, 0.2) is 0 Å². The van der Waals surface area contributed by atoms with E-state index in [1.807, 2.05) is 12.7 Å². The molecule has 2 aliphatic rings. The molecule has 2 aromatic carbocycles. The van der Waals surface area contributed by atoms with Crippen molar-refractivity contribution in [2.24, 2.45) is 9.98 Å². The molecule has 0 N–H and O–H groups in total. The van der Waals surface area contributed by atoms with E-state index in [4.69, 9.17) is 15.0 Å². The van der Waals surface area contributed by atoms with Gasteiger partial charge >= 0.3 is 0 Å². The Hall–Kier alpha value is -3.15. The van der Waals surface area contributed by atoms with Gasteiger partial charge in [-0.25, -0.2) is 15.0 Å². The van der Waals surface area contributed by atoms with Gasteiger partial charge in [0.1, 0.15) is 5.82 Å². The minimum atomic E-state index is 0.915. The molecule has 3 heterocycles. The standard InChI is InChI=1S/C27H34N6/c1-3-33(4-2)27-25-17-21(28-19-31-13-5-6-14-31)9-11-23(25)24-12-10-22(18-26(24)30-27)29-20-32-15-7-8-16-32/h9-12,17-20H,3-8,13-16H2,1-2H3. The van der Waals surface area contributed by atoms with Crippen LogP contribution in [0.3, 0.4) is 0 Å². The molecule has 0 radical (unpaired) electrons. The number of benzene rings is 2. The van der Waals surface area contributed by atoms with Crippen LogP contribution in [0.25, 0.3) is 21.7 Å². The van der Waals surface area contributed by atoms with Gasteiger partial charge in [-0.1, -0.05) is 12.1 Å². The molecule has 6 heteroatoms. The summed E-state index contributed by atoms with van der Waals surface area (Å²) in [5.41, 5.74) is 2.93. The lowest BCUT2D eigenvalue weighted by Crippen LogP contribution is -2.23. The Morgan fingerprint density at radius 1 is 0.758 bits per heavy atom. The molecule has 2 aliphatic heterocycles. The minimum Gasteiger partial charge on any atom is -0.363 e. The van der Waals surface area contributed by atoms with Crippen LogP contribution in [0.5, 0.6) is 0 Å². The van der Waals surface area contributed by atoms with Crippen molar-refractivity contribution in [3.8, 4) is 0 Å². The Bertz CT molecular complexity index is 1170. The molecule has 2 saturated heterocycles. The summed E-state index contributed by atoms with van der Waals surface area (Å²) in [5, 5.41) is 3.55. The summed E-state index contributed by atoms with van der Waals surface area (Å²) >= 11 is 0. The van der Waals surface area contributed by atoms with Crippen LogP contribution in [-0.2, 0) is 0 Å². The average molecular weight is 443 g/mol. The molecule has 1 aromatic heterocycles. The van der Waals surface area contributed by atoms with Crippen LogP contribution in [0, 0.1) is 0 Å². The van der Waals surface area contributed by atoms with Crippen LogP contribution < -0.4 is 4.90 Å². The highest BCUT2D eigenvalue weighted by Gasteiger charge is 2.14. The van der Waals surface area contributed by atoms with Crippen molar-refractivity contribution in [3.05, 3.63) is 36.4 Å². The van der Waals surface area contributed by atoms with Crippen LogP contribution in [0.4, 0.5) is 17.2 Å². The topological polar surface area (TPSA) is 47.3 Å². The SMILES string of the molecule is CCN(CC)c1nc2cc(N=CN3CCCC3)ccc2c2ccc(N=CN3CCCC3)cc12. The zero-order chi connectivity index (χ0) is 22.6. The number of likely N-dealkylation sites (tertiary alicyclic amines) is 2. The predicted molar refractivity (Wildman–Crippen MR) is 141 cm³/mol. The maximum Gasteiger partial charge on any atom is 0.137 e. The van der Waals surface area contributed by atoms with Crippen LogP contribution >= 0.6 is 0 Å². The fourth-order valence-corrected chi connectivity index (χ4v) is 4.90.